The Labute approximate surface area is 122 Å². The first-order valence-electron chi connectivity index (χ1n) is 7.09. The van der Waals surface area contributed by atoms with Crippen molar-refractivity contribution in [1.29, 1.82) is 0 Å². The molecule has 1 aromatic carbocycles. The second-order valence-corrected chi connectivity index (χ2v) is 6.51. The lowest BCUT2D eigenvalue weighted by Gasteiger charge is -2.44. The molecule has 0 aliphatic carbocycles. The van der Waals surface area contributed by atoms with Gasteiger partial charge in [-0.2, -0.15) is 0 Å². The molecule has 1 aromatic rings. The van der Waals surface area contributed by atoms with Crippen LogP contribution < -0.4 is 0 Å². The molecule has 0 N–H and O–H groups in total. The Balaban J connectivity index is 2.39. The van der Waals surface area contributed by atoms with Crippen molar-refractivity contribution in [3.63, 3.8) is 0 Å². The van der Waals surface area contributed by atoms with E-state index < -0.39 is 0 Å². The molecule has 1 nitrogen and oxygen atoms in total. The number of nitrogens with zero attached hydrogens (tertiary/aromatic N) is 1. The van der Waals surface area contributed by atoms with Gasteiger partial charge in [-0.15, -0.1) is 0 Å². The van der Waals surface area contributed by atoms with Crippen molar-refractivity contribution < 1.29 is 0 Å². The maximum atomic E-state index is 6.03. The van der Waals surface area contributed by atoms with E-state index in [1.54, 1.807) is 0 Å². The van der Waals surface area contributed by atoms with Crippen molar-refractivity contribution >= 4 is 11.6 Å². The molecule has 19 heavy (non-hydrogen) atoms. The molecule has 0 radical (unpaired) electrons. The maximum Gasteiger partial charge on any atom is 0.0406 e. The Hall–Kier alpha value is -0.790. The van der Waals surface area contributed by atoms with Crippen LogP contribution in [-0.4, -0.2) is 25.0 Å². The Morgan fingerprint density at radius 2 is 1.74 bits per heavy atom. The van der Waals surface area contributed by atoms with Gasteiger partial charge >= 0.3 is 0 Å². The second kappa shape index (κ2) is 5.68. The summed E-state index contributed by atoms with van der Waals surface area (Å²) in [5, 5.41) is 0.807. The average molecular weight is 278 g/mol. The van der Waals surface area contributed by atoms with E-state index in [9.17, 15) is 0 Å². The summed E-state index contributed by atoms with van der Waals surface area (Å²) in [7, 11) is 2.20. The molecule has 104 valence electrons. The number of piperidine rings is 1. The van der Waals surface area contributed by atoms with Crippen LogP contribution in [0, 0.1) is 5.92 Å². The SMILES string of the molecule is C=C(C(C)C)C1(c2ccc(Cl)cc2)CCN(C)CC1. The number of benzene rings is 1. The molecular weight excluding hydrogens is 254 g/mol. The van der Waals surface area contributed by atoms with Crippen LogP contribution in [0.25, 0.3) is 0 Å². The van der Waals surface area contributed by atoms with E-state index in [0.717, 1.165) is 31.0 Å². The highest BCUT2D eigenvalue weighted by atomic mass is 35.5. The van der Waals surface area contributed by atoms with Crippen molar-refractivity contribution in [2.75, 3.05) is 20.1 Å². The molecule has 1 saturated heterocycles. The van der Waals surface area contributed by atoms with Crippen molar-refractivity contribution in [3.8, 4) is 0 Å². The van der Waals surface area contributed by atoms with Crippen LogP contribution in [0.15, 0.2) is 36.4 Å². The summed E-state index contributed by atoms with van der Waals surface area (Å²) in [5.74, 6) is 0.513. The smallest absolute Gasteiger partial charge is 0.0406 e. The molecule has 0 aromatic heterocycles. The summed E-state index contributed by atoms with van der Waals surface area (Å²) >= 11 is 6.03. The summed E-state index contributed by atoms with van der Waals surface area (Å²) in [6.07, 6.45) is 2.31. The molecule has 0 bridgehead atoms. The van der Waals surface area contributed by atoms with E-state index in [-0.39, 0.29) is 5.41 Å². The Kier molecular flexibility index (Phi) is 4.37. The minimum atomic E-state index is 0.130. The van der Waals surface area contributed by atoms with E-state index in [2.05, 4.69) is 44.5 Å². The zero-order chi connectivity index (χ0) is 14.0. The molecular formula is C17H24ClN. The predicted octanol–water partition coefficient (Wildman–Crippen LogP) is 4.52. The predicted molar refractivity (Wildman–Crippen MR) is 83.8 cm³/mol. The van der Waals surface area contributed by atoms with Gasteiger partial charge in [0.2, 0.25) is 0 Å². The normalized spacial score (nSPS) is 19.6. The molecule has 1 heterocycles. The molecule has 2 heteroatoms. The van der Waals surface area contributed by atoms with Crippen molar-refractivity contribution in [2.45, 2.75) is 32.1 Å². The van der Waals surface area contributed by atoms with Gasteiger partial charge in [0.15, 0.2) is 0 Å². The number of likely N-dealkylation sites (tertiary alicyclic amines) is 1. The third-order valence-electron chi connectivity index (χ3n) is 4.55. The van der Waals surface area contributed by atoms with E-state index in [1.807, 2.05) is 12.1 Å². The van der Waals surface area contributed by atoms with Crippen LogP contribution in [0.2, 0.25) is 5.02 Å². The van der Waals surface area contributed by atoms with Crippen LogP contribution in [0.5, 0.6) is 0 Å². The third-order valence-corrected chi connectivity index (χ3v) is 4.80. The van der Waals surface area contributed by atoms with Crippen LogP contribution >= 0.6 is 11.6 Å². The number of hydrogen-bond donors (Lipinski definition) is 0. The van der Waals surface area contributed by atoms with Crippen LogP contribution in [0.4, 0.5) is 0 Å². The average Bonchev–Trinajstić information content (AvgIpc) is 2.40. The number of rotatable bonds is 3. The highest BCUT2D eigenvalue weighted by molar-refractivity contribution is 6.30. The van der Waals surface area contributed by atoms with Gasteiger partial charge in [0.05, 0.1) is 0 Å². The topological polar surface area (TPSA) is 3.24 Å². The van der Waals surface area contributed by atoms with Gasteiger partial charge in [-0.3, -0.25) is 0 Å². The lowest BCUT2D eigenvalue weighted by atomic mass is 9.65. The highest BCUT2D eigenvalue weighted by Gasteiger charge is 2.38. The van der Waals surface area contributed by atoms with Gasteiger partial charge < -0.3 is 4.90 Å². The fraction of sp³-hybridized carbons (Fsp3) is 0.529. The molecule has 2 rings (SSSR count). The van der Waals surface area contributed by atoms with Crippen molar-refractivity contribution in [3.05, 3.63) is 47.0 Å². The summed E-state index contributed by atoms with van der Waals surface area (Å²) in [6.45, 7) is 11.2. The lowest BCUT2D eigenvalue weighted by molar-refractivity contribution is 0.203. The Morgan fingerprint density at radius 1 is 1.21 bits per heavy atom. The second-order valence-electron chi connectivity index (χ2n) is 6.07. The van der Waals surface area contributed by atoms with Gasteiger partial charge in [-0.1, -0.05) is 49.7 Å². The highest BCUT2D eigenvalue weighted by Crippen LogP contribution is 2.43. The van der Waals surface area contributed by atoms with E-state index in [4.69, 9.17) is 11.6 Å². The van der Waals surface area contributed by atoms with Gasteiger partial charge in [-0.05, 0) is 56.6 Å². The minimum Gasteiger partial charge on any atom is -0.306 e. The first kappa shape index (κ1) is 14.6. The van der Waals surface area contributed by atoms with Crippen molar-refractivity contribution in [2.24, 2.45) is 5.92 Å². The standard InChI is InChI=1S/C17H24ClN/c1-13(2)14(3)17(9-11-19(4)12-10-17)15-5-7-16(18)8-6-15/h5-8,13H,3,9-12H2,1-2,4H3. The van der Waals surface area contributed by atoms with Crippen LogP contribution in [-0.2, 0) is 5.41 Å². The quantitative estimate of drug-likeness (QED) is 0.735. The van der Waals surface area contributed by atoms with Crippen molar-refractivity contribution in [1.82, 2.24) is 4.90 Å². The molecule has 1 fully saturated rings. The van der Waals surface area contributed by atoms with Gasteiger partial charge in [0.25, 0.3) is 0 Å². The molecule has 1 aliphatic heterocycles. The Morgan fingerprint density at radius 3 is 2.21 bits per heavy atom. The molecule has 0 atom stereocenters. The molecule has 1 aliphatic rings. The molecule has 0 spiro atoms. The zero-order valence-electron chi connectivity index (χ0n) is 12.2. The fourth-order valence-corrected chi connectivity index (χ4v) is 3.24. The third kappa shape index (κ3) is 2.88. The van der Waals surface area contributed by atoms with Crippen LogP contribution in [0.1, 0.15) is 32.3 Å². The number of allylic oxidation sites excluding steroid dienone is 1. The molecule has 0 amide bonds. The summed E-state index contributed by atoms with van der Waals surface area (Å²) < 4.78 is 0. The van der Waals surface area contributed by atoms with E-state index in [0.29, 0.717) is 5.92 Å². The first-order valence-corrected chi connectivity index (χ1v) is 7.47. The van der Waals surface area contributed by atoms with Crippen LogP contribution in [0.3, 0.4) is 0 Å². The monoisotopic (exact) mass is 277 g/mol. The number of halogens is 1. The summed E-state index contributed by atoms with van der Waals surface area (Å²) in [4.78, 5) is 2.40. The molecule has 0 saturated carbocycles. The largest absolute Gasteiger partial charge is 0.306 e. The minimum absolute atomic E-state index is 0.130. The van der Waals surface area contributed by atoms with E-state index in [1.165, 1.54) is 11.1 Å². The Bertz CT molecular complexity index is 439. The summed E-state index contributed by atoms with van der Waals surface area (Å²) in [5.41, 5.74) is 2.87. The van der Waals surface area contributed by atoms with Gasteiger partial charge in [-0.25, -0.2) is 0 Å². The fourth-order valence-electron chi connectivity index (χ4n) is 3.12. The molecule has 0 unspecified atom stereocenters. The summed E-state index contributed by atoms with van der Waals surface area (Å²) in [6, 6.07) is 8.37. The zero-order valence-corrected chi connectivity index (χ0v) is 13.0. The van der Waals surface area contributed by atoms with E-state index >= 15 is 0 Å². The lowest BCUT2D eigenvalue weighted by Crippen LogP contribution is -2.42. The first-order chi connectivity index (χ1) is 8.95. The van der Waals surface area contributed by atoms with Gasteiger partial charge in [0.1, 0.15) is 0 Å². The maximum absolute atomic E-state index is 6.03. The number of hydrogen-bond acceptors (Lipinski definition) is 1. The van der Waals surface area contributed by atoms with Gasteiger partial charge in [0, 0.05) is 10.4 Å².